The van der Waals surface area contributed by atoms with Gasteiger partial charge in [-0.05, 0) is 6.42 Å². The summed E-state index contributed by atoms with van der Waals surface area (Å²) >= 11 is 0. The van der Waals surface area contributed by atoms with Gasteiger partial charge in [0.2, 0.25) is 0 Å². The standard InChI is InChI=1S/C8H10O3/c9-6-1-2-7-5(3-6)4-11-8(7)10/h5,7H,1-4H2/t5-,7-/m1/s1. The summed E-state index contributed by atoms with van der Waals surface area (Å²) in [6, 6.07) is 0. The van der Waals surface area contributed by atoms with E-state index in [4.69, 9.17) is 4.74 Å². The van der Waals surface area contributed by atoms with E-state index in [-0.39, 0.29) is 23.6 Å². The number of ketones is 1. The van der Waals surface area contributed by atoms with Crippen molar-refractivity contribution in [2.24, 2.45) is 11.8 Å². The molecule has 0 aromatic carbocycles. The second kappa shape index (κ2) is 2.32. The molecule has 2 fully saturated rings. The van der Waals surface area contributed by atoms with Gasteiger partial charge in [-0.15, -0.1) is 0 Å². The molecule has 11 heavy (non-hydrogen) atoms. The number of hydrogen-bond acceptors (Lipinski definition) is 3. The highest BCUT2D eigenvalue weighted by atomic mass is 16.5. The number of esters is 1. The van der Waals surface area contributed by atoms with Gasteiger partial charge in [-0.1, -0.05) is 0 Å². The van der Waals surface area contributed by atoms with Crippen molar-refractivity contribution in [3.63, 3.8) is 0 Å². The van der Waals surface area contributed by atoms with E-state index in [0.29, 0.717) is 25.9 Å². The fourth-order valence-electron chi connectivity index (χ4n) is 1.87. The Hall–Kier alpha value is -0.860. The second-order valence-corrected chi connectivity index (χ2v) is 3.28. The summed E-state index contributed by atoms with van der Waals surface area (Å²) < 4.78 is 4.86. The van der Waals surface area contributed by atoms with E-state index in [1.165, 1.54) is 0 Å². The largest absolute Gasteiger partial charge is 0.465 e. The Morgan fingerprint density at radius 3 is 3.00 bits per heavy atom. The molecule has 1 saturated heterocycles. The lowest BCUT2D eigenvalue weighted by Gasteiger charge is -2.18. The molecule has 0 amide bonds. The maximum atomic E-state index is 11.0. The molecule has 0 aromatic rings. The first kappa shape index (κ1) is 6.83. The lowest BCUT2D eigenvalue weighted by atomic mass is 9.81. The number of hydrogen-bond donors (Lipinski definition) is 0. The first-order valence-corrected chi connectivity index (χ1v) is 3.95. The molecule has 2 aliphatic rings. The molecule has 0 bridgehead atoms. The van der Waals surface area contributed by atoms with Gasteiger partial charge in [0.15, 0.2) is 0 Å². The van der Waals surface area contributed by atoms with Gasteiger partial charge in [0.05, 0.1) is 12.5 Å². The summed E-state index contributed by atoms with van der Waals surface area (Å²) in [5, 5.41) is 0. The number of rotatable bonds is 0. The average molecular weight is 154 g/mol. The van der Waals surface area contributed by atoms with Gasteiger partial charge in [0, 0.05) is 18.8 Å². The van der Waals surface area contributed by atoms with Crippen molar-refractivity contribution < 1.29 is 14.3 Å². The van der Waals surface area contributed by atoms with Crippen molar-refractivity contribution in [2.75, 3.05) is 6.61 Å². The van der Waals surface area contributed by atoms with Crippen LogP contribution in [0.4, 0.5) is 0 Å². The molecule has 1 heterocycles. The molecule has 2 rings (SSSR count). The Bertz CT molecular complexity index is 209. The summed E-state index contributed by atoms with van der Waals surface area (Å²) in [7, 11) is 0. The van der Waals surface area contributed by atoms with Crippen molar-refractivity contribution in [3.05, 3.63) is 0 Å². The van der Waals surface area contributed by atoms with Crippen LogP contribution in [0.25, 0.3) is 0 Å². The number of ether oxygens (including phenoxy) is 1. The van der Waals surface area contributed by atoms with Crippen LogP contribution >= 0.6 is 0 Å². The monoisotopic (exact) mass is 154 g/mol. The van der Waals surface area contributed by atoms with Crippen molar-refractivity contribution in [2.45, 2.75) is 19.3 Å². The normalized spacial score (nSPS) is 36.7. The minimum atomic E-state index is -0.0949. The molecule has 1 aliphatic heterocycles. The second-order valence-electron chi connectivity index (χ2n) is 3.28. The third-order valence-corrected chi connectivity index (χ3v) is 2.54. The Balaban J connectivity index is 2.11. The zero-order chi connectivity index (χ0) is 7.84. The number of carbonyl (C=O) groups is 2. The number of carbonyl (C=O) groups excluding carboxylic acids is 2. The van der Waals surface area contributed by atoms with E-state index < -0.39 is 0 Å². The fraction of sp³-hybridized carbons (Fsp3) is 0.750. The van der Waals surface area contributed by atoms with Crippen LogP contribution in [-0.4, -0.2) is 18.4 Å². The molecule has 1 aliphatic carbocycles. The fourth-order valence-corrected chi connectivity index (χ4v) is 1.87. The molecule has 60 valence electrons. The molecule has 3 nitrogen and oxygen atoms in total. The molecule has 1 saturated carbocycles. The van der Waals surface area contributed by atoms with Gasteiger partial charge < -0.3 is 4.74 Å². The molecule has 0 radical (unpaired) electrons. The Kier molecular flexibility index (Phi) is 1.44. The predicted molar refractivity (Wildman–Crippen MR) is 36.8 cm³/mol. The maximum Gasteiger partial charge on any atom is 0.309 e. The molecule has 0 N–H and O–H groups in total. The van der Waals surface area contributed by atoms with Gasteiger partial charge in [-0.25, -0.2) is 0 Å². The first-order chi connectivity index (χ1) is 5.27. The maximum absolute atomic E-state index is 11.0. The van der Waals surface area contributed by atoms with Gasteiger partial charge in [0.25, 0.3) is 0 Å². The third-order valence-electron chi connectivity index (χ3n) is 2.54. The topological polar surface area (TPSA) is 43.4 Å². The summed E-state index contributed by atoms with van der Waals surface area (Å²) in [5.41, 5.74) is 0. The highest BCUT2D eigenvalue weighted by Gasteiger charge is 2.40. The number of cyclic esters (lactones) is 1. The number of Topliss-reactive ketones (excluding diaryl/α,β-unsaturated/α-hetero) is 1. The molecular weight excluding hydrogens is 144 g/mol. The molecule has 0 spiro atoms. The summed E-state index contributed by atoms with van der Waals surface area (Å²) in [5.74, 6) is 0.420. The van der Waals surface area contributed by atoms with Crippen LogP contribution in [0.5, 0.6) is 0 Å². The Labute approximate surface area is 64.7 Å². The molecule has 0 aromatic heterocycles. The van der Waals surface area contributed by atoms with Gasteiger partial charge in [-0.3, -0.25) is 9.59 Å². The highest BCUT2D eigenvalue weighted by molar-refractivity contribution is 5.84. The molecule has 3 heteroatoms. The van der Waals surface area contributed by atoms with Gasteiger partial charge in [0.1, 0.15) is 5.78 Å². The van der Waals surface area contributed by atoms with Crippen molar-refractivity contribution in [1.82, 2.24) is 0 Å². The van der Waals surface area contributed by atoms with Crippen LogP contribution in [0.2, 0.25) is 0 Å². The van der Waals surface area contributed by atoms with Gasteiger partial charge >= 0.3 is 5.97 Å². The zero-order valence-electron chi connectivity index (χ0n) is 6.21. The van der Waals surface area contributed by atoms with E-state index in [2.05, 4.69) is 0 Å². The van der Waals surface area contributed by atoms with Crippen molar-refractivity contribution in [3.8, 4) is 0 Å². The smallest absolute Gasteiger partial charge is 0.309 e. The van der Waals surface area contributed by atoms with Gasteiger partial charge in [-0.2, -0.15) is 0 Å². The lowest BCUT2D eigenvalue weighted by molar-refractivity contribution is -0.141. The van der Waals surface area contributed by atoms with E-state index in [1.807, 2.05) is 0 Å². The summed E-state index contributed by atoms with van der Waals surface area (Å²) in [6.45, 7) is 0.468. The quantitative estimate of drug-likeness (QED) is 0.478. The zero-order valence-corrected chi connectivity index (χ0v) is 6.21. The summed E-state index contributed by atoms with van der Waals surface area (Å²) in [6.07, 6.45) is 1.83. The van der Waals surface area contributed by atoms with Crippen LogP contribution in [0.3, 0.4) is 0 Å². The highest BCUT2D eigenvalue weighted by Crippen LogP contribution is 2.33. The third kappa shape index (κ3) is 1.04. The van der Waals surface area contributed by atoms with E-state index in [9.17, 15) is 9.59 Å². The van der Waals surface area contributed by atoms with E-state index in [1.54, 1.807) is 0 Å². The minimum Gasteiger partial charge on any atom is -0.465 e. The van der Waals surface area contributed by atoms with Crippen molar-refractivity contribution >= 4 is 11.8 Å². The SMILES string of the molecule is O=C1CC[C@H]2C(=O)OC[C@H]2C1. The summed E-state index contributed by atoms with van der Waals surface area (Å²) in [4.78, 5) is 21.9. The van der Waals surface area contributed by atoms with Crippen LogP contribution < -0.4 is 0 Å². The molecule has 2 atom stereocenters. The average Bonchev–Trinajstić information content (AvgIpc) is 2.32. The lowest BCUT2D eigenvalue weighted by Crippen LogP contribution is -2.25. The van der Waals surface area contributed by atoms with Crippen LogP contribution in [-0.2, 0) is 14.3 Å². The van der Waals surface area contributed by atoms with E-state index >= 15 is 0 Å². The Morgan fingerprint density at radius 2 is 2.18 bits per heavy atom. The van der Waals surface area contributed by atoms with Crippen LogP contribution in [0, 0.1) is 11.8 Å². The predicted octanol–water partition coefficient (Wildman–Crippen LogP) is 0.529. The number of fused-ring (bicyclic) bond motifs is 1. The van der Waals surface area contributed by atoms with Crippen LogP contribution in [0.15, 0.2) is 0 Å². The minimum absolute atomic E-state index is 0.0349. The molecule has 0 unspecified atom stereocenters. The Morgan fingerprint density at radius 1 is 1.36 bits per heavy atom. The first-order valence-electron chi connectivity index (χ1n) is 3.95. The van der Waals surface area contributed by atoms with Crippen molar-refractivity contribution in [1.29, 1.82) is 0 Å². The van der Waals surface area contributed by atoms with E-state index in [0.717, 1.165) is 0 Å². The molecular formula is C8H10O3. The van der Waals surface area contributed by atoms with Crippen LogP contribution in [0.1, 0.15) is 19.3 Å².